The third-order valence-corrected chi connectivity index (χ3v) is 21.3. The van der Waals surface area contributed by atoms with Crippen LogP contribution in [-0.4, -0.2) is 77.0 Å². The lowest BCUT2D eigenvalue weighted by molar-refractivity contribution is 0.426. The van der Waals surface area contributed by atoms with Crippen molar-refractivity contribution in [1.29, 1.82) is 0 Å². The molecule has 0 saturated carbocycles. The van der Waals surface area contributed by atoms with E-state index in [4.69, 9.17) is 59.8 Å². The largest absolute Gasteiger partial charge is 0.488 e. The monoisotopic (exact) mass is 1720 g/mol. The minimum atomic E-state index is -1.45. The molecule has 0 aliphatic carbocycles. The summed E-state index contributed by atoms with van der Waals surface area (Å²) in [4.78, 5) is 68.4. The maximum Gasteiger partial charge on any atom is 0.488 e. The van der Waals surface area contributed by atoms with Gasteiger partial charge < -0.3 is 19.8 Å². The van der Waals surface area contributed by atoms with Gasteiger partial charge in [-0.1, -0.05) is 368 Å². The molecule has 0 atom stereocenters. The zero-order valence-corrected chi connectivity index (χ0v) is 70.5. The molecular weight excluding hydrogens is 1640 g/mol. The first-order valence-corrected chi connectivity index (χ1v) is 42.3. The molecule has 0 unspecified atom stereocenters. The lowest BCUT2D eigenvalue weighted by Gasteiger charge is -2.25. The maximum absolute atomic E-state index is 9.23. The molecule has 20 rings (SSSR count). The SMILES string of the molecule is Brc1ccc(N(c2nc(-c3ccccc3)nc(-c3ccccc3)n2)c2nc(-c3ccccc3)nc(-c3ccccc3)n2)cc1.OB(O)c1ccc(N(c2ccccc2)c2ccccc2)cc1.c1ccc(-c2nc(-c3ccccc3)nc(N(c3ccc(-c4ccc(N(c5ccccc5)c5ccccc5)cc4)cc3)c3nc(-c4ccccc4)nc(-c4ccccc4)n3)n2)cc1. The molecule has 4 heterocycles. The fourth-order valence-corrected chi connectivity index (χ4v) is 14.7. The number of hydrogen-bond acceptors (Lipinski definition) is 18. The Labute approximate surface area is 750 Å². The van der Waals surface area contributed by atoms with E-state index in [0.29, 0.717) is 75.9 Å². The molecule has 20 heteroatoms. The molecule has 0 bridgehead atoms. The smallest absolute Gasteiger partial charge is 0.423 e. The summed E-state index contributed by atoms with van der Waals surface area (Å²) in [5.41, 5.74) is 17.3. The van der Waals surface area contributed by atoms with Crippen molar-refractivity contribution in [3.8, 4) is 102 Å². The number of para-hydroxylation sites is 4. The fourth-order valence-electron chi connectivity index (χ4n) is 14.4. The number of anilines is 12. The van der Waals surface area contributed by atoms with Crippen LogP contribution in [0.25, 0.3) is 102 Å². The van der Waals surface area contributed by atoms with Gasteiger partial charge >= 0.3 is 7.12 Å². The third kappa shape index (κ3) is 19.6. The summed E-state index contributed by atoms with van der Waals surface area (Å²) in [6, 6.07) is 152. The number of benzene rings is 16. The van der Waals surface area contributed by atoms with Gasteiger partial charge in [-0.3, -0.25) is 0 Å². The molecule has 0 aliphatic heterocycles. The molecule has 0 saturated heterocycles. The predicted molar refractivity (Wildman–Crippen MR) is 518 cm³/mol. The normalized spacial score (nSPS) is 10.8. The maximum atomic E-state index is 9.23. The van der Waals surface area contributed by atoms with Crippen LogP contribution >= 0.6 is 15.9 Å². The van der Waals surface area contributed by atoms with E-state index in [9.17, 15) is 10.0 Å². The second kappa shape index (κ2) is 39.6. The minimum Gasteiger partial charge on any atom is -0.423 e. The predicted octanol–water partition coefficient (Wildman–Crippen LogP) is 25.1. The Morgan fingerprint density at radius 3 is 0.500 bits per heavy atom. The van der Waals surface area contributed by atoms with Gasteiger partial charge in [-0.25, -0.2) is 29.7 Å². The van der Waals surface area contributed by atoms with Gasteiger partial charge in [0, 0.05) is 83.1 Å². The van der Waals surface area contributed by atoms with Crippen molar-refractivity contribution < 1.29 is 10.0 Å². The zero-order valence-electron chi connectivity index (χ0n) is 68.9. The van der Waals surface area contributed by atoms with Crippen molar-refractivity contribution in [3.63, 3.8) is 0 Å². The fraction of sp³-hybridized carbons (Fsp3) is 0. The highest BCUT2D eigenvalue weighted by Crippen LogP contribution is 2.42. The molecule has 0 amide bonds. The van der Waals surface area contributed by atoms with Crippen LogP contribution < -0.4 is 25.1 Å². The first-order valence-electron chi connectivity index (χ1n) is 41.5. The number of halogens is 1. The highest BCUT2D eigenvalue weighted by molar-refractivity contribution is 9.10. The Balaban J connectivity index is 0.000000145. The zero-order chi connectivity index (χ0) is 86.6. The van der Waals surface area contributed by atoms with E-state index in [0.717, 1.165) is 106 Å². The van der Waals surface area contributed by atoms with Crippen molar-refractivity contribution in [2.45, 2.75) is 0 Å². The van der Waals surface area contributed by atoms with Gasteiger partial charge in [0.1, 0.15) is 0 Å². The average molecular weight is 1720 g/mol. The van der Waals surface area contributed by atoms with Gasteiger partial charge in [-0.05, 0) is 126 Å². The van der Waals surface area contributed by atoms with Gasteiger partial charge in [-0.2, -0.15) is 39.9 Å². The van der Waals surface area contributed by atoms with Crippen LogP contribution in [0.15, 0.2) is 466 Å². The summed E-state index contributed by atoms with van der Waals surface area (Å²) in [5.74, 6) is 5.74. The van der Waals surface area contributed by atoms with Crippen molar-refractivity contribution in [2.75, 3.05) is 19.6 Å². The van der Waals surface area contributed by atoms with E-state index >= 15 is 0 Å². The Bertz CT molecular complexity index is 6430. The Hall–Kier alpha value is -16.8. The summed E-state index contributed by atoms with van der Waals surface area (Å²) in [6.45, 7) is 0. The molecule has 0 spiro atoms. The standard InChI is InChI=1S/C54H38N8.C36H24BrN7.C18H16BNO2/c1-7-19-41(20-8-1)49-55-50(42-21-9-2-10-22-42)58-53(57-49)62(54-59-51(43-23-11-3-12-24-43)56-52(60-54)44-25-13-4-14-26-44)48-37-33-40(34-38-48)39-31-35-47(36-32-39)61(45-27-15-5-16-28-45)46-29-17-6-18-30-46;37-29-21-23-30(24-22-29)44(35-40-31(25-13-5-1-6-14-25)38-32(41-35)26-15-7-2-8-16-26)36-42-33(27-17-9-3-10-18-27)39-34(43-36)28-19-11-4-12-20-28;21-19(22)15-11-13-18(14-12-15)20(16-7-3-1-4-8-16)17-9-5-2-6-10-17/h1-38H;1-24H;1-14,21-22H. The number of rotatable bonds is 22. The first kappa shape index (κ1) is 82.2. The van der Waals surface area contributed by atoms with Crippen LogP contribution in [0, 0.1) is 0 Å². The van der Waals surface area contributed by atoms with E-state index in [1.807, 2.05) is 362 Å². The quantitative estimate of drug-likeness (QED) is 0.0605. The molecule has 612 valence electrons. The van der Waals surface area contributed by atoms with Crippen molar-refractivity contribution >= 4 is 97.8 Å². The Kier molecular flexibility index (Phi) is 25.4. The van der Waals surface area contributed by atoms with Crippen LogP contribution in [0.4, 0.5) is 69.3 Å². The van der Waals surface area contributed by atoms with Crippen molar-refractivity contribution in [3.05, 3.63) is 466 Å². The molecule has 16 aromatic carbocycles. The highest BCUT2D eigenvalue weighted by Gasteiger charge is 2.28. The van der Waals surface area contributed by atoms with Gasteiger partial charge in [0.2, 0.25) is 23.8 Å². The van der Waals surface area contributed by atoms with Crippen LogP contribution in [0.1, 0.15) is 0 Å². The topological polar surface area (TPSA) is 208 Å². The summed E-state index contributed by atoms with van der Waals surface area (Å²) in [7, 11) is -1.45. The lowest BCUT2D eigenvalue weighted by Crippen LogP contribution is -2.29. The molecule has 20 aromatic rings. The van der Waals surface area contributed by atoms with Gasteiger partial charge in [-0.15, -0.1) is 0 Å². The summed E-state index contributed by atoms with van der Waals surface area (Å²) >= 11 is 3.57. The third-order valence-electron chi connectivity index (χ3n) is 20.7. The molecule has 4 aromatic heterocycles. The van der Waals surface area contributed by atoms with E-state index in [-0.39, 0.29) is 0 Å². The van der Waals surface area contributed by atoms with Gasteiger partial charge in [0.05, 0.1) is 11.4 Å². The Morgan fingerprint density at radius 1 is 0.156 bits per heavy atom. The van der Waals surface area contributed by atoms with E-state index < -0.39 is 7.12 Å². The lowest BCUT2D eigenvalue weighted by atomic mass is 9.80. The number of nitrogens with zero attached hydrogens (tertiary/aromatic N) is 16. The van der Waals surface area contributed by atoms with Gasteiger partial charge in [0.25, 0.3) is 0 Å². The van der Waals surface area contributed by atoms with Crippen molar-refractivity contribution in [2.24, 2.45) is 0 Å². The summed E-state index contributed by atoms with van der Waals surface area (Å²) in [5, 5.41) is 18.5. The number of hydrogen-bond donors (Lipinski definition) is 2. The first-order chi connectivity index (χ1) is 63.2. The highest BCUT2D eigenvalue weighted by atomic mass is 79.9. The van der Waals surface area contributed by atoms with Crippen LogP contribution in [0.3, 0.4) is 0 Å². The van der Waals surface area contributed by atoms with E-state index in [1.165, 1.54) is 0 Å². The molecule has 2 N–H and O–H groups in total. The van der Waals surface area contributed by atoms with Gasteiger partial charge in [0.15, 0.2) is 46.6 Å². The summed E-state index contributed by atoms with van der Waals surface area (Å²) in [6.07, 6.45) is 0. The van der Waals surface area contributed by atoms with Crippen LogP contribution in [-0.2, 0) is 0 Å². The summed E-state index contributed by atoms with van der Waals surface area (Å²) < 4.78 is 0.942. The molecule has 0 aliphatic rings. The van der Waals surface area contributed by atoms with Crippen LogP contribution in [0.2, 0.25) is 0 Å². The minimum absolute atomic E-state index is 0.362. The second-order valence-corrected chi connectivity index (χ2v) is 30.2. The molecule has 18 nitrogen and oxygen atoms in total. The van der Waals surface area contributed by atoms with Crippen molar-refractivity contribution in [1.82, 2.24) is 59.8 Å². The second-order valence-electron chi connectivity index (χ2n) is 29.3. The van der Waals surface area contributed by atoms with E-state index in [2.05, 4.69) is 123 Å². The van der Waals surface area contributed by atoms with Crippen LogP contribution in [0.5, 0.6) is 0 Å². The molecule has 128 heavy (non-hydrogen) atoms. The molecule has 0 fully saturated rings. The molecule has 0 radical (unpaired) electrons. The average Bonchev–Trinajstić information content (AvgIpc) is 0.774. The number of aromatic nitrogens is 12. The Morgan fingerprint density at radius 2 is 0.312 bits per heavy atom. The van der Waals surface area contributed by atoms with E-state index in [1.54, 1.807) is 12.1 Å². The molecular formula is C108H78BBrN16O2.